The number of hydrogen-bond acceptors (Lipinski definition) is 7. The molecule has 154 valence electrons. The van der Waals surface area contributed by atoms with E-state index in [9.17, 15) is 4.79 Å². The highest BCUT2D eigenvalue weighted by molar-refractivity contribution is 6.04. The number of aromatic nitrogens is 4. The van der Waals surface area contributed by atoms with Gasteiger partial charge in [0.1, 0.15) is 11.3 Å². The molecule has 1 aliphatic heterocycles. The minimum Gasteiger partial charge on any atom is -0.379 e. The molecule has 1 amide bonds. The lowest BCUT2D eigenvalue weighted by Crippen LogP contribution is -2.39. The Morgan fingerprint density at radius 3 is 2.80 bits per heavy atom. The topological polar surface area (TPSA) is 96.7 Å². The summed E-state index contributed by atoms with van der Waals surface area (Å²) >= 11 is 0. The maximum absolute atomic E-state index is 12.5. The molecular formula is C21H23N7O2. The second-order valence-corrected chi connectivity index (χ2v) is 7.24. The van der Waals surface area contributed by atoms with Gasteiger partial charge in [-0.25, -0.2) is 15.0 Å². The zero-order chi connectivity index (χ0) is 20.5. The Balaban J connectivity index is 1.55. The Kier molecular flexibility index (Phi) is 4.89. The van der Waals surface area contributed by atoms with Crippen LogP contribution in [0.15, 0.2) is 36.5 Å². The number of morpholine rings is 1. The highest BCUT2D eigenvalue weighted by Gasteiger charge is 2.18. The molecule has 9 heteroatoms. The van der Waals surface area contributed by atoms with Crippen LogP contribution in [0, 0.1) is 0 Å². The molecule has 0 spiro atoms. The van der Waals surface area contributed by atoms with Crippen LogP contribution < -0.4 is 10.6 Å². The first-order chi connectivity index (χ1) is 14.7. The van der Waals surface area contributed by atoms with Crippen molar-refractivity contribution < 1.29 is 9.53 Å². The molecule has 3 aromatic heterocycles. The number of pyridine rings is 1. The second kappa shape index (κ2) is 7.85. The molecule has 1 aliphatic rings. The van der Waals surface area contributed by atoms with Crippen LogP contribution in [0.1, 0.15) is 10.4 Å². The van der Waals surface area contributed by atoms with E-state index in [-0.39, 0.29) is 5.91 Å². The van der Waals surface area contributed by atoms with Crippen LogP contribution in [-0.4, -0.2) is 76.6 Å². The van der Waals surface area contributed by atoms with E-state index in [0.717, 1.165) is 50.4 Å². The molecule has 1 fully saturated rings. The molecule has 0 unspecified atom stereocenters. The van der Waals surface area contributed by atoms with Crippen LogP contribution in [0.4, 0.5) is 5.82 Å². The fraction of sp³-hybridized carbons (Fsp3) is 0.333. The third-order valence-corrected chi connectivity index (χ3v) is 5.39. The number of amides is 1. The van der Waals surface area contributed by atoms with Crippen LogP contribution in [-0.2, 0) is 4.74 Å². The molecular weight excluding hydrogens is 382 g/mol. The number of imidazole rings is 1. The number of carbonyl (C=O) groups is 1. The van der Waals surface area contributed by atoms with Gasteiger partial charge in [-0.15, -0.1) is 0 Å². The van der Waals surface area contributed by atoms with Gasteiger partial charge in [0.2, 0.25) is 0 Å². The van der Waals surface area contributed by atoms with E-state index in [1.54, 1.807) is 19.3 Å². The van der Waals surface area contributed by atoms with Gasteiger partial charge in [0.15, 0.2) is 11.3 Å². The molecule has 4 aromatic rings. The summed E-state index contributed by atoms with van der Waals surface area (Å²) in [5.74, 6) is 0.495. The number of para-hydroxylation sites is 2. The molecule has 9 nitrogen and oxygen atoms in total. The molecule has 1 aromatic carbocycles. The van der Waals surface area contributed by atoms with E-state index in [0.29, 0.717) is 28.2 Å². The number of rotatable bonds is 5. The summed E-state index contributed by atoms with van der Waals surface area (Å²) in [6.07, 6.45) is 1.71. The van der Waals surface area contributed by atoms with Crippen molar-refractivity contribution in [2.75, 3.05) is 51.8 Å². The van der Waals surface area contributed by atoms with Gasteiger partial charge in [0.25, 0.3) is 5.91 Å². The largest absolute Gasteiger partial charge is 0.379 e. The van der Waals surface area contributed by atoms with Crippen LogP contribution in [0.2, 0.25) is 0 Å². The monoisotopic (exact) mass is 405 g/mol. The summed E-state index contributed by atoms with van der Waals surface area (Å²) in [6.45, 7) is 5.17. The minimum atomic E-state index is -0.202. The van der Waals surface area contributed by atoms with E-state index >= 15 is 0 Å². The standard InChI is InChI=1S/C21H23N7O2/c1-22-21(29)14-12-16-20(28-17-5-3-2-4-15(17)25-19(14)28)26-18(13-24-16)23-6-7-27-8-10-30-11-9-27/h2-5,12-13H,6-11H2,1H3,(H,22,29)(H,23,26). The third-order valence-electron chi connectivity index (χ3n) is 5.39. The Morgan fingerprint density at radius 2 is 1.97 bits per heavy atom. The Bertz CT molecular complexity index is 1230. The molecule has 0 aliphatic carbocycles. The SMILES string of the molecule is CNC(=O)c1cc2ncc(NCCN3CCOCC3)nc2n2c1nc1ccccc12. The predicted molar refractivity (Wildman–Crippen MR) is 115 cm³/mol. The number of anilines is 1. The number of hydrogen-bond donors (Lipinski definition) is 2. The van der Waals surface area contributed by atoms with Crippen molar-refractivity contribution in [2.45, 2.75) is 0 Å². The van der Waals surface area contributed by atoms with Gasteiger partial charge in [0, 0.05) is 33.2 Å². The molecule has 0 atom stereocenters. The van der Waals surface area contributed by atoms with Gasteiger partial charge in [-0.1, -0.05) is 12.1 Å². The number of fused-ring (bicyclic) bond motifs is 5. The fourth-order valence-corrected chi connectivity index (χ4v) is 3.83. The number of carbonyl (C=O) groups excluding carboxylic acids is 1. The van der Waals surface area contributed by atoms with Crippen molar-refractivity contribution in [3.05, 3.63) is 42.1 Å². The Hall–Kier alpha value is -3.30. The summed E-state index contributed by atoms with van der Waals surface area (Å²) in [5, 5.41) is 6.06. The quantitative estimate of drug-likeness (QED) is 0.520. The summed E-state index contributed by atoms with van der Waals surface area (Å²) in [4.78, 5) is 28.9. The van der Waals surface area contributed by atoms with Crippen LogP contribution in [0.3, 0.4) is 0 Å². The minimum absolute atomic E-state index is 0.202. The average molecular weight is 405 g/mol. The van der Waals surface area contributed by atoms with Gasteiger partial charge in [-0.3, -0.25) is 14.1 Å². The van der Waals surface area contributed by atoms with Crippen molar-refractivity contribution >= 4 is 39.6 Å². The normalized spacial score (nSPS) is 15.1. The van der Waals surface area contributed by atoms with E-state index in [1.807, 2.05) is 28.7 Å². The van der Waals surface area contributed by atoms with E-state index in [4.69, 9.17) is 9.72 Å². The lowest BCUT2D eigenvalue weighted by atomic mass is 10.2. The zero-order valence-corrected chi connectivity index (χ0v) is 16.8. The van der Waals surface area contributed by atoms with Gasteiger partial charge in [0.05, 0.1) is 36.0 Å². The number of nitrogens with one attached hydrogen (secondary N) is 2. The molecule has 1 saturated heterocycles. The van der Waals surface area contributed by atoms with E-state index in [1.165, 1.54) is 0 Å². The van der Waals surface area contributed by atoms with E-state index in [2.05, 4.69) is 25.5 Å². The fourth-order valence-electron chi connectivity index (χ4n) is 3.83. The van der Waals surface area contributed by atoms with Crippen molar-refractivity contribution in [3.8, 4) is 0 Å². The lowest BCUT2D eigenvalue weighted by molar-refractivity contribution is 0.0398. The van der Waals surface area contributed by atoms with Gasteiger partial charge in [-0.05, 0) is 18.2 Å². The molecule has 0 radical (unpaired) electrons. The Labute approximate surface area is 173 Å². The maximum atomic E-state index is 12.5. The third kappa shape index (κ3) is 3.31. The summed E-state index contributed by atoms with van der Waals surface area (Å²) in [7, 11) is 1.61. The Morgan fingerprint density at radius 1 is 1.13 bits per heavy atom. The first-order valence-corrected chi connectivity index (χ1v) is 10.1. The predicted octanol–water partition coefficient (Wildman–Crippen LogP) is 1.53. The number of ether oxygens (including phenoxy) is 1. The van der Waals surface area contributed by atoms with Crippen molar-refractivity contribution in [2.24, 2.45) is 0 Å². The summed E-state index contributed by atoms with van der Waals surface area (Å²) in [6, 6.07) is 9.54. The summed E-state index contributed by atoms with van der Waals surface area (Å²) < 4.78 is 7.31. The first kappa shape index (κ1) is 18.7. The first-order valence-electron chi connectivity index (χ1n) is 10.1. The molecule has 0 bridgehead atoms. The van der Waals surface area contributed by atoms with Crippen molar-refractivity contribution in [1.82, 2.24) is 29.6 Å². The molecule has 2 N–H and O–H groups in total. The van der Waals surface area contributed by atoms with Crippen molar-refractivity contribution in [1.29, 1.82) is 0 Å². The maximum Gasteiger partial charge on any atom is 0.254 e. The number of nitrogens with zero attached hydrogens (tertiary/aromatic N) is 5. The average Bonchev–Trinajstić information content (AvgIpc) is 3.19. The lowest BCUT2D eigenvalue weighted by Gasteiger charge is -2.26. The van der Waals surface area contributed by atoms with E-state index < -0.39 is 0 Å². The van der Waals surface area contributed by atoms with Crippen LogP contribution in [0.5, 0.6) is 0 Å². The van der Waals surface area contributed by atoms with Crippen LogP contribution >= 0.6 is 0 Å². The number of benzene rings is 1. The van der Waals surface area contributed by atoms with Gasteiger partial charge < -0.3 is 15.4 Å². The van der Waals surface area contributed by atoms with Gasteiger partial charge >= 0.3 is 0 Å². The second-order valence-electron chi connectivity index (χ2n) is 7.24. The molecule has 5 rings (SSSR count). The highest BCUT2D eigenvalue weighted by atomic mass is 16.5. The smallest absolute Gasteiger partial charge is 0.254 e. The zero-order valence-electron chi connectivity index (χ0n) is 16.8. The highest BCUT2D eigenvalue weighted by Crippen LogP contribution is 2.25. The molecule has 0 saturated carbocycles. The molecule has 4 heterocycles. The van der Waals surface area contributed by atoms with Gasteiger partial charge in [-0.2, -0.15) is 0 Å². The van der Waals surface area contributed by atoms with Crippen molar-refractivity contribution in [3.63, 3.8) is 0 Å². The van der Waals surface area contributed by atoms with Crippen LogP contribution in [0.25, 0.3) is 27.8 Å². The molecule has 30 heavy (non-hydrogen) atoms. The summed E-state index contributed by atoms with van der Waals surface area (Å²) in [5.41, 5.74) is 4.06.